The molecule has 0 saturated heterocycles. The summed E-state index contributed by atoms with van der Waals surface area (Å²) >= 11 is 5.84. The third-order valence-electron chi connectivity index (χ3n) is 8.40. The second-order valence-electron chi connectivity index (χ2n) is 11.2. The Hall–Kier alpha value is -3.55. The van der Waals surface area contributed by atoms with Crippen molar-refractivity contribution < 1.29 is 28.6 Å². The number of fused-ring (bicyclic) bond motifs is 2. The Balaban J connectivity index is 1.77. The van der Waals surface area contributed by atoms with Crippen LogP contribution in [0.2, 0.25) is 5.02 Å². The molecule has 2 bridgehead atoms. The number of carbonyl (C=O) groups is 3. The lowest BCUT2D eigenvalue weighted by Crippen LogP contribution is -2.55. The summed E-state index contributed by atoms with van der Waals surface area (Å²) in [7, 11) is 6.03. The van der Waals surface area contributed by atoms with E-state index in [1.165, 1.54) is 53.7 Å². The molecule has 5 rings (SSSR count). The van der Waals surface area contributed by atoms with Crippen LogP contribution >= 0.6 is 11.6 Å². The van der Waals surface area contributed by atoms with Gasteiger partial charge < -0.3 is 30.3 Å². The van der Waals surface area contributed by atoms with Crippen LogP contribution in [-0.2, 0) is 33.0 Å². The summed E-state index contributed by atoms with van der Waals surface area (Å²) in [4.78, 5) is 59.9. The fourth-order valence-electron chi connectivity index (χ4n) is 5.84. The number of likely N-dealkylation sites (N-methyl/N-ethyl adjacent to an activating group) is 2. The van der Waals surface area contributed by atoms with Crippen molar-refractivity contribution in [3.05, 3.63) is 56.5 Å². The molecule has 0 spiro atoms. The highest BCUT2D eigenvalue weighted by Gasteiger charge is 2.54. The minimum Gasteiger partial charge on any atom is -0.501 e. The Morgan fingerprint density at radius 2 is 1.86 bits per heavy atom. The Labute approximate surface area is 247 Å². The summed E-state index contributed by atoms with van der Waals surface area (Å²) in [5.74, 6) is -3.89. The molecule has 2 aromatic rings. The topological polar surface area (TPSA) is 146 Å². The van der Waals surface area contributed by atoms with Gasteiger partial charge in [-0.1, -0.05) is 23.7 Å². The van der Waals surface area contributed by atoms with Gasteiger partial charge in [-0.2, -0.15) is 0 Å². The molecule has 3 aliphatic rings. The van der Waals surface area contributed by atoms with E-state index in [4.69, 9.17) is 16.3 Å². The number of ether oxygens (including phenoxy) is 1. The van der Waals surface area contributed by atoms with E-state index in [2.05, 4.69) is 15.6 Å². The molecule has 1 saturated carbocycles. The van der Waals surface area contributed by atoms with E-state index in [-0.39, 0.29) is 29.5 Å². The number of hydrogen-bond donors (Lipinski definition) is 3. The number of nitrogens with zero attached hydrogens (tertiary/aromatic N) is 4. The van der Waals surface area contributed by atoms with E-state index < -0.39 is 51.5 Å². The zero-order valence-corrected chi connectivity index (χ0v) is 24.9. The van der Waals surface area contributed by atoms with E-state index in [1.807, 2.05) is 0 Å². The zero-order chi connectivity index (χ0) is 30.8. The molecular weight excluding hydrogens is 571 g/mol. The van der Waals surface area contributed by atoms with E-state index in [0.717, 1.165) is 0 Å². The highest BCUT2D eigenvalue weighted by molar-refractivity contribution is 6.34. The van der Waals surface area contributed by atoms with Gasteiger partial charge in [0.2, 0.25) is 5.75 Å². The molecule has 2 aliphatic heterocycles. The van der Waals surface area contributed by atoms with Crippen LogP contribution in [0.15, 0.2) is 23.0 Å². The predicted molar refractivity (Wildman–Crippen MR) is 152 cm³/mol. The third-order valence-corrected chi connectivity index (χ3v) is 8.69. The van der Waals surface area contributed by atoms with Crippen LogP contribution in [0.3, 0.4) is 0 Å². The van der Waals surface area contributed by atoms with Crippen molar-refractivity contribution in [2.45, 2.75) is 44.3 Å². The average Bonchev–Trinajstić information content (AvgIpc) is 3.20. The number of rotatable bonds is 9. The highest BCUT2D eigenvalue weighted by atomic mass is 35.5. The van der Waals surface area contributed by atoms with Crippen LogP contribution in [0.5, 0.6) is 5.75 Å². The summed E-state index contributed by atoms with van der Waals surface area (Å²) in [5, 5.41) is 16.6. The Morgan fingerprint density at radius 1 is 1.17 bits per heavy atom. The maximum Gasteiger partial charge on any atom is 0.312 e. The van der Waals surface area contributed by atoms with Gasteiger partial charge in [-0.05, 0) is 31.7 Å². The van der Waals surface area contributed by atoms with Crippen molar-refractivity contribution >= 4 is 29.3 Å². The summed E-state index contributed by atoms with van der Waals surface area (Å²) in [6.07, 6.45) is 1.90. The molecule has 0 unspecified atom stereocenters. The van der Waals surface area contributed by atoms with E-state index in [9.17, 15) is 28.7 Å². The van der Waals surface area contributed by atoms with Crippen LogP contribution in [0, 0.1) is 11.2 Å². The van der Waals surface area contributed by atoms with Crippen LogP contribution in [0.1, 0.15) is 47.6 Å². The van der Waals surface area contributed by atoms with Gasteiger partial charge in [0.25, 0.3) is 11.5 Å². The number of aromatic nitrogens is 2. The fraction of sp³-hybridized carbons (Fsp3) is 0.536. The first-order valence-corrected chi connectivity index (χ1v) is 14.0. The molecule has 12 nitrogen and oxygen atoms in total. The standard InChI is InChI=1S/C28H36ClFN6O6/c1-34(2)24(40)25(41)35(3)28-10-8-27(9-11-28,15-31-12-13-42-4)16-36-23(39)21(37)20(33-26(28)36)22(38)32-14-17-6-5-7-18(29)19(17)30/h5-7,31,37H,8-16H2,1-4H3,(H,32,38). The Morgan fingerprint density at radius 3 is 2.50 bits per heavy atom. The summed E-state index contributed by atoms with van der Waals surface area (Å²) in [6, 6.07) is 4.34. The van der Waals surface area contributed by atoms with Crippen molar-refractivity contribution in [1.82, 2.24) is 30.0 Å². The monoisotopic (exact) mass is 606 g/mol. The van der Waals surface area contributed by atoms with Crippen LogP contribution in [0.4, 0.5) is 4.39 Å². The molecule has 3 heterocycles. The van der Waals surface area contributed by atoms with Crippen molar-refractivity contribution in [3.63, 3.8) is 0 Å². The maximum atomic E-state index is 14.4. The molecule has 228 valence electrons. The molecule has 1 aromatic heterocycles. The second-order valence-corrected chi connectivity index (χ2v) is 11.6. The number of carbonyl (C=O) groups excluding carboxylic acids is 3. The van der Waals surface area contributed by atoms with Crippen molar-refractivity contribution in [3.8, 4) is 5.75 Å². The summed E-state index contributed by atoms with van der Waals surface area (Å²) < 4.78 is 20.8. The summed E-state index contributed by atoms with van der Waals surface area (Å²) in [6.45, 7) is 1.54. The molecule has 42 heavy (non-hydrogen) atoms. The van der Waals surface area contributed by atoms with Gasteiger partial charge in [0.1, 0.15) is 17.2 Å². The molecule has 0 radical (unpaired) electrons. The Bertz CT molecular complexity index is 1440. The van der Waals surface area contributed by atoms with Gasteiger partial charge >= 0.3 is 11.8 Å². The molecule has 14 heteroatoms. The molecule has 0 atom stereocenters. The quantitative estimate of drug-likeness (QED) is 0.285. The number of aromatic hydroxyl groups is 1. The lowest BCUT2D eigenvalue weighted by atomic mass is 9.67. The van der Waals surface area contributed by atoms with Crippen LogP contribution < -0.4 is 16.2 Å². The minimum absolute atomic E-state index is 0.104. The molecule has 3 N–H and O–H groups in total. The van der Waals surface area contributed by atoms with Crippen LogP contribution in [-0.4, -0.2) is 90.1 Å². The van der Waals surface area contributed by atoms with Crippen molar-refractivity contribution in [2.24, 2.45) is 5.41 Å². The second kappa shape index (κ2) is 12.4. The SMILES string of the molecule is COCCNCC12CCC(N(C)C(=O)C(=O)N(C)C)(CC1)c1nc(C(=O)NCc3cccc(Cl)c3F)c(O)c(=O)n1C2. The fourth-order valence-corrected chi connectivity index (χ4v) is 6.03. The predicted octanol–water partition coefficient (Wildman–Crippen LogP) is 1.22. The van der Waals surface area contributed by atoms with Crippen LogP contribution in [0.25, 0.3) is 0 Å². The van der Waals surface area contributed by atoms with Crippen molar-refractivity contribution in [2.75, 3.05) is 47.9 Å². The maximum absolute atomic E-state index is 14.4. The number of benzene rings is 1. The first-order valence-electron chi connectivity index (χ1n) is 13.6. The molecule has 3 amide bonds. The van der Waals surface area contributed by atoms with Gasteiger partial charge in [-0.3, -0.25) is 23.7 Å². The average molecular weight is 607 g/mol. The van der Waals surface area contributed by atoms with Gasteiger partial charge in [-0.25, -0.2) is 9.37 Å². The lowest BCUT2D eigenvalue weighted by Gasteiger charge is -2.46. The zero-order valence-electron chi connectivity index (χ0n) is 24.1. The number of methoxy groups -OCH3 is 1. The molecule has 1 aliphatic carbocycles. The Kier molecular flexibility index (Phi) is 9.24. The number of nitrogens with one attached hydrogen (secondary N) is 2. The van der Waals surface area contributed by atoms with Gasteiger partial charge in [0.15, 0.2) is 5.69 Å². The smallest absolute Gasteiger partial charge is 0.312 e. The van der Waals surface area contributed by atoms with E-state index >= 15 is 0 Å². The van der Waals surface area contributed by atoms with E-state index in [0.29, 0.717) is 45.4 Å². The number of amides is 3. The van der Waals surface area contributed by atoms with Gasteiger partial charge in [0, 0.05) is 65.4 Å². The van der Waals surface area contributed by atoms with Gasteiger partial charge in [0.05, 0.1) is 11.6 Å². The highest BCUT2D eigenvalue weighted by Crippen LogP contribution is 2.51. The van der Waals surface area contributed by atoms with Crippen molar-refractivity contribution in [1.29, 1.82) is 0 Å². The minimum atomic E-state index is -1.20. The molecule has 1 aromatic carbocycles. The normalized spacial score (nSPS) is 20.9. The van der Waals surface area contributed by atoms with Gasteiger partial charge in [-0.15, -0.1) is 0 Å². The first kappa shape index (κ1) is 31.4. The lowest BCUT2D eigenvalue weighted by molar-refractivity contribution is -0.155. The largest absolute Gasteiger partial charge is 0.501 e. The number of halogens is 2. The molecular formula is C28H36ClFN6O6. The third kappa shape index (κ3) is 5.72. The van der Waals surface area contributed by atoms with E-state index in [1.54, 1.807) is 7.11 Å². The number of hydrogen-bond acceptors (Lipinski definition) is 8. The summed E-state index contributed by atoms with van der Waals surface area (Å²) in [5.41, 5.74) is -2.90. The molecule has 1 fully saturated rings. The first-order chi connectivity index (χ1) is 19.9.